The standard InChI is InChI=1S/C21H25FN2O2S.C13H12FNO3S/c1-14-7-10-27-20(14)13-24(18-4-3-17(22)11-15(18)2)21(25)26-19-12-23-8-5-16(19)6-9-23;1-18-12-3-2-10(6-11(12)14)15(13(16)17)7-9-4-5-19-8-9/h3-4,7,10-11,16,19H,5-6,8-9,12-13H2,1-2H3;2-6,8H,7H2,1H3,(H,16,17)/t19-;/m0./s1. The lowest BCUT2D eigenvalue weighted by Crippen LogP contribution is -2.53. The van der Waals surface area contributed by atoms with E-state index in [1.165, 1.54) is 42.7 Å². The molecular weight excluding hydrogens is 633 g/mol. The number of amides is 2. The molecule has 1 N–H and O–H groups in total. The average Bonchev–Trinajstić information content (AvgIpc) is 3.71. The van der Waals surface area contributed by atoms with Gasteiger partial charge in [0.25, 0.3) is 0 Å². The Balaban J connectivity index is 0.000000193. The van der Waals surface area contributed by atoms with Gasteiger partial charge in [0.15, 0.2) is 11.6 Å². The van der Waals surface area contributed by atoms with Crippen LogP contribution < -0.4 is 14.5 Å². The molecule has 0 radical (unpaired) electrons. The highest BCUT2D eigenvalue weighted by Crippen LogP contribution is 2.32. The molecule has 0 saturated carbocycles. The fourth-order valence-electron chi connectivity index (χ4n) is 5.77. The van der Waals surface area contributed by atoms with Gasteiger partial charge in [-0.2, -0.15) is 11.3 Å². The maximum atomic E-state index is 13.6. The summed E-state index contributed by atoms with van der Waals surface area (Å²) in [6.07, 6.45) is 0.675. The van der Waals surface area contributed by atoms with Crippen molar-refractivity contribution in [3.05, 3.63) is 97.9 Å². The van der Waals surface area contributed by atoms with Crippen molar-refractivity contribution in [2.24, 2.45) is 5.92 Å². The van der Waals surface area contributed by atoms with Crippen LogP contribution in [-0.4, -0.2) is 55.0 Å². The molecule has 2 bridgehead atoms. The number of fused-ring (bicyclic) bond motifs is 3. The van der Waals surface area contributed by atoms with Crippen molar-refractivity contribution < 1.29 is 33.0 Å². The van der Waals surface area contributed by atoms with Crippen LogP contribution in [0.2, 0.25) is 0 Å². The van der Waals surface area contributed by atoms with Crippen LogP contribution in [0, 0.1) is 31.4 Å². The first-order valence-electron chi connectivity index (χ1n) is 15.0. The van der Waals surface area contributed by atoms with Crippen LogP contribution >= 0.6 is 22.7 Å². The monoisotopic (exact) mass is 669 g/mol. The minimum atomic E-state index is -1.13. The van der Waals surface area contributed by atoms with E-state index in [2.05, 4.69) is 11.0 Å². The lowest BCUT2D eigenvalue weighted by Gasteiger charge is -2.44. The molecule has 46 heavy (non-hydrogen) atoms. The van der Waals surface area contributed by atoms with Crippen molar-refractivity contribution in [3.8, 4) is 5.75 Å². The number of carbonyl (C=O) groups excluding carboxylic acids is 1. The molecule has 244 valence electrons. The first kappa shape index (κ1) is 33.4. The van der Waals surface area contributed by atoms with E-state index in [9.17, 15) is 23.5 Å². The van der Waals surface area contributed by atoms with Gasteiger partial charge in [-0.3, -0.25) is 14.7 Å². The molecule has 1 atom stereocenters. The Labute approximate surface area is 275 Å². The first-order valence-corrected chi connectivity index (χ1v) is 16.8. The first-order chi connectivity index (χ1) is 22.1. The van der Waals surface area contributed by atoms with E-state index in [-0.39, 0.29) is 36.0 Å². The number of hydrogen-bond donors (Lipinski definition) is 1. The molecular formula is C34H37F2N3O5S2. The van der Waals surface area contributed by atoms with Crippen molar-refractivity contribution in [1.82, 2.24) is 4.90 Å². The third-order valence-corrected chi connectivity index (χ3v) is 10.1. The summed E-state index contributed by atoms with van der Waals surface area (Å²) >= 11 is 3.11. The minimum Gasteiger partial charge on any atom is -0.494 e. The number of thiophene rings is 2. The second-order valence-electron chi connectivity index (χ2n) is 11.4. The number of benzene rings is 2. The molecule has 3 aliphatic rings. The predicted molar refractivity (Wildman–Crippen MR) is 177 cm³/mol. The Hall–Kier alpha value is -4.00. The molecule has 2 aromatic carbocycles. The SMILES string of the molecule is COc1ccc(N(Cc2ccsc2)C(=O)O)cc1F.Cc1cc(F)ccc1N(Cc1sccc1C)C(=O)O[C@H]1CN2CCC1CC2. The Kier molecular flexibility index (Phi) is 10.9. The molecule has 3 aliphatic heterocycles. The summed E-state index contributed by atoms with van der Waals surface area (Å²) in [5.41, 5.74) is 3.73. The highest BCUT2D eigenvalue weighted by atomic mass is 32.1. The normalized spacial score (nSPS) is 18.3. The smallest absolute Gasteiger partial charge is 0.414 e. The number of ether oxygens (including phenoxy) is 2. The summed E-state index contributed by atoms with van der Waals surface area (Å²) in [6.45, 7) is 7.53. The molecule has 2 amide bonds. The van der Waals surface area contributed by atoms with Crippen LogP contribution in [0.3, 0.4) is 0 Å². The maximum Gasteiger partial charge on any atom is 0.414 e. The number of hydrogen-bond acceptors (Lipinski definition) is 7. The summed E-state index contributed by atoms with van der Waals surface area (Å²) < 4.78 is 38.0. The topological polar surface area (TPSA) is 82.5 Å². The predicted octanol–water partition coefficient (Wildman–Crippen LogP) is 8.32. The number of anilines is 2. The van der Waals surface area contributed by atoms with Gasteiger partial charge in [-0.25, -0.2) is 18.4 Å². The van der Waals surface area contributed by atoms with Crippen LogP contribution in [0.4, 0.5) is 29.7 Å². The maximum absolute atomic E-state index is 13.6. The summed E-state index contributed by atoms with van der Waals surface area (Å²) in [7, 11) is 1.36. The Morgan fingerprint density at radius 3 is 2.33 bits per heavy atom. The van der Waals surface area contributed by atoms with Crippen molar-refractivity contribution in [1.29, 1.82) is 0 Å². The highest BCUT2D eigenvalue weighted by Gasteiger charge is 2.37. The van der Waals surface area contributed by atoms with Crippen molar-refractivity contribution in [2.45, 2.75) is 45.9 Å². The molecule has 2 aromatic heterocycles. The fourth-order valence-corrected chi connectivity index (χ4v) is 7.33. The number of rotatable bonds is 8. The fraction of sp³-hybridized carbons (Fsp3) is 0.353. The third kappa shape index (κ3) is 8.04. The minimum absolute atomic E-state index is 0.0484. The van der Waals surface area contributed by atoms with Crippen LogP contribution in [0.1, 0.15) is 34.4 Å². The van der Waals surface area contributed by atoms with Gasteiger partial charge in [0.05, 0.1) is 31.6 Å². The van der Waals surface area contributed by atoms with E-state index in [0.717, 1.165) is 65.0 Å². The summed E-state index contributed by atoms with van der Waals surface area (Å²) in [5.74, 6) is -0.339. The number of piperidine rings is 3. The van der Waals surface area contributed by atoms with Gasteiger partial charge in [0.1, 0.15) is 11.9 Å². The van der Waals surface area contributed by atoms with Gasteiger partial charge >= 0.3 is 12.2 Å². The van der Waals surface area contributed by atoms with E-state index in [1.54, 1.807) is 22.3 Å². The van der Waals surface area contributed by atoms with E-state index >= 15 is 0 Å². The third-order valence-electron chi connectivity index (χ3n) is 8.39. The highest BCUT2D eigenvalue weighted by molar-refractivity contribution is 7.10. The molecule has 5 heterocycles. The number of halogens is 2. The van der Waals surface area contributed by atoms with Crippen LogP contribution in [0.25, 0.3) is 0 Å². The van der Waals surface area contributed by atoms with E-state index in [0.29, 0.717) is 18.2 Å². The van der Waals surface area contributed by atoms with Gasteiger partial charge < -0.3 is 14.6 Å². The van der Waals surface area contributed by atoms with Crippen molar-refractivity contribution in [3.63, 3.8) is 0 Å². The quantitative estimate of drug-likeness (QED) is 0.203. The Morgan fingerprint density at radius 2 is 1.76 bits per heavy atom. The summed E-state index contributed by atoms with van der Waals surface area (Å²) in [5, 5.41) is 15.0. The average molecular weight is 670 g/mol. The number of carbonyl (C=O) groups is 2. The van der Waals surface area contributed by atoms with Gasteiger partial charge in [0, 0.05) is 17.5 Å². The molecule has 4 aromatic rings. The van der Waals surface area contributed by atoms with Crippen LogP contribution in [0.15, 0.2) is 64.7 Å². The Bertz CT molecular complexity index is 1640. The van der Waals surface area contributed by atoms with E-state index in [1.807, 2.05) is 36.1 Å². The number of carboxylic acid groups (broad SMARTS) is 1. The number of methoxy groups -OCH3 is 1. The molecule has 12 heteroatoms. The molecule has 3 fully saturated rings. The summed E-state index contributed by atoms with van der Waals surface area (Å²) in [4.78, 5) is 30.7. The van der Waals surface area contributed by atoms with Crippen LogP contribution in [-0.2, 0) is 17.8 Å². The van der Waals surface area contributed by atoms with Gasteiger partial charge in [-0.05, 0) is 121 Å². The van der Waals surface area contributed by atoms with Gasteiger partial charge in [-0.1, -0.05) is 0 Å². The largest absolute Gasteiger partial charge is 0.494 e. The molecule has 0 aliphatic carbocycles. The second kappa shape index (κ2) is 15.1. The lowest BCUT2D eigenvalue weighted by atomic mass is 9.86. The van der Waals surface area contributed by atoms with Crippen molar-refractivity contribution in [2.75, 3.05) is 36.5 Å². The van der Waals surface area contributed by atoms with Crippen LogP contribution in [0.5, 0.6) is 5.75 Å². The molecule has 7 rings (SSSR count). The molecule has 8 nitrogen and oxygen atoms in total. The zero-order valence-corrected chi connectivity index (χ0v) is 27.6. The van der Waals surface area contributed by atoms with E-state index < -0.39 is 11.9 Å². The number of nitrogens with zero attached hydrogens (tertiary/aromatic N) is 3. The number of aryl methyl sites for hydroxylation is 2. The Morgan fingerprint density at radius 1 is 0.978 bits per heavy atom. The zero-order valence-electron chi connectivity index (χ0n) is 25.9. The molecule has 3 saturated heterocycles. The van der Waals surface area contributed by atoms with Crippen molar-refractivity contribution >= 4 is 46.2 Å². The summed E-state index contributed by atoms with van der Waals surface area (Å²) in [6, 6.07) is 12.5. The second-order valence-corrected chi connectivity index (χ2v) is 13.2. The van der Waals surface area contributed by atoms with E-state index in [4.69, 9.17) is 9.47 Å². The molecule has 0 unspecified atom stereocenters. The van der Waals surface area contributed by atoms with Gasteiger partial charge in [0.2, 0.25) is 0 Å². The van der Waals surface area contributed by atoms with Gasteiger partial charge in [-0.15, -0.1) is 11.3 Å². The lowest BCUT2D eigenvalue weighted by molar-refractivity contribution is -0.0311. The zero-order chi connectivity index (χ0) is 32.8. The molecule has 0 spiro atoms.